The highest BCUT2D eigenvalue weighted by atomic mass is 35.5. The zero-order chi connectivity index (χ0) is 21.6. The number of aliphatic hydroxyl groups excluding tert-OH is 1. The normalized spacial score (nSPS) is 16.0. The first kappa shape index (κ1) is 22.2. The van der Waals surface area contributed by atoms with E-state index in [1.165, 1.54) is 5.56 Å². The standard InChI is InChI=1S/C23H30ClN3O3/c1-4-25-22(27-15-23(10-11-23)17-6-5-7-18(24)13-17)26-14-19(28)16-8-9-20(29-2)21(12-16)30-3/h5-9,12-13,19,28H,4,10-11,14-15H2,1-3H3,(H2,25,26,27). The summed E-state index contributed by atoms with van der Waals surface area (Å²) in [5.41, 5.74) is 2.04. The number of hydrogen-bond acceptors (Lipinski definition) is 4. The van der Waals surface area contributed by atoms with E-state index in [9.17, 15) is 5.11 Å². The second kappa shape index (κ2) is 10.0. The third kappa shape index (κ3) is 5.37. The van der Waals surface area contributed by atoms with Gasteiger partial charge in [-0.15, -0.1) is 0 Å². The minimum absolute atomic E-state index is 0.0647. The van der Waals surface area contributed by atoms with Crippen LogP contribution in [0.3, 0.4) is 0 Å². The van der Waals surface area contributed by atoms with Gasteiger partial charge in [0.15, 0.2) is 17.5 Å². The zero-order valence-corrected chi connectivity index (χ0v) is 18.5. The largest absolute Gasteiger partial charge is 0.493 e. The molecule has 162 valence electrons. The van der Waals surface area contributed by atoms with E-state index in [1.807, 2.05) is 31.2 Å². The fourth-order valence-electron chi connectivity index (χ4n) is 3.45. The minimum atomic E-state index is -0.712. The van der Waals surface area contributed by atoms with Gasteiger partial charge in [0.25, 0.3) is 0 Å². The summed E-state index contributed by atoms with van der Waals surface area (Å²) in [6.45, 7) is 3.76. The monoisotopic (exact) mass is 431 g/mol. The first-order chi connectivity index (χ1) is 14.5. The van der Waals surface area contributed by atoms with Crippen molar-refractivity contribution in [2.75, 3.05) is 33.9 Å². The number of nitrogens with one attached hydrogen (secondary N) is 2. The summed E-state index contributed by atoms with van der Waals surface area (Å²) in [6, 6.07) is 13.4. The molecule has 0 aliphatic heterocycles. The number of nitrogens with zero attached hydrogens (tertiary/aromatic N) is 1. The molecule has 6 nitrogen and oxygen atoms in total. The minimum Gasteiger partial charge on any atom is -0.493 e. The number of aliphatic hydroxyl groups is 1. The Balaban J connectivity index is 1.64. The van der Waals surface area contributed by atoms with Crippen molar-refractivity contribution in [3.8, 4) is 11.5 Å². The zero-order valence-electron chi connectivity index (χ0n) is 17.7. The summed E-state index contributed by atoms with van der Waals surface area (Å²) in [7, 11) is 3.17. The molecule has 0 radical (unpaired) electrons. The van der Waals surface area contributed by atoms with Crippen molar-refractivity contribution >= 4 is 17.6 Å². The van der Waals surface area contributed by atoms with Gasteiger partial charge in [0, 0.05) is 23.5 Å². The maximum absolute atomic E-state index is 10.6. The Morgan fingerprint density at radius 3 is 2.53 bits per heavy atom. The number of ether oxygens (including phenoxy) is 2. The van der Waals surface area contributed by atoms with Crippen molar-refractivity contribution in [3.63, 3.8) is 0 Å². The lowest BCUT2D eigenvalue weighted by Gasteiger charge is -2.18. The highest BCUT2D eigenvalue weighted by Gasteiger charge is 2.44. The average Bonchev–Trinajstić information content (AvgIpc) is 3.56. The fourth-order valence-corrected chi connectivity index (χ4v) is 3.64. The number of methoxy groups -OCH3 is 2. The molecular weight excluding hydrogens is 402 g/mol. The van der Waals surface area contributed by atoms with E-state index in [0.29, 0.717) is 30.5 Å². The molecule has 1 aliphatic rings. The summed E-state index contributed by atoms with van der Waals surface area (Å²) in [4.78, 5) is 4.78. The van der Waals surface area contributed by atoms with Gasteiger partial charge < -0.3 is 25.2 Å². The molecule has 1 aliphatic carbocycles. The molecule has 0 amide bonds. The maximum Gasteiger partial charge on any atom is 0.191 e. The molecule has 0 saturated heterocycles. The van der Waals surface area contributed by atoms with E-state index in [4.69, 9.17) is 26.1 Å². The van der Waals surface area contributed by atoms with Crippen LogP contribution >= 0.6 is 11.6 Å². The Hall–Kier alpha value is -2.44. The number of benzene rings is 2. The molecule has 7 heteroatoms. The lowest BCUT2D eigenvalue weighted by Crippen LogP contribution is -2.40. The number of rotatable bonds is 9. The molecule has 0 spiro atoms. The van der Waals surface area contributed by atoms with Gasteiger partial charge in [-0.05, 0) is 55.2 Å². The van der Waals surface area contributed by atoms with Gasteiger partial charge in [0.2, 0.25) is 0 Å². The van der Waals surface area contributed by atoms with Gasteiger partial charge in [-0.25, -0.2) is 0 Å². The van der Waals surface area contributed by atoms with Gasteiger partial charge in [0.1, 0.15) is 0 Å². The molecule has 3 N–H and O–H groups in total. The van der Waals surface area contributed by atoms with Crippen LogP contribution in [-0.2, 0) is 5.41 Å². The molecule has 2 aromatic carbocycles. The Bertz CT molecular complexity index is 884. The van der Waals surface area contributed by atoms with E-state index < -0.39 is 6.10 Å². The van der Waals surface area contributed by atoms with Crippen LogP contribution < -0.4 is 20.1 Å². The molecule has 1 atom stereocenters. The highest BCUT2D eigenvalue weighted by Crippen LogP contribution is 2.48. The molecule has 2 aromatic rings. The SMILES string of the molecule is CCNC(=NCC1(c2cccc(Cl)c2)CC1)NCC(O)c1ccc(OC)c(OC)c1. The Kier molecular flexibility index (Phi) is 7.45. The van der Waals surface area contributed by atoms with E-state index >= 15 is 0 Å². The predicted octanol–water partition coefficient (Wildman–Crippen LogP) is 3.68. The molecule has 1 unspecified atom stereocenters. The fraction of sp³-hybridized carbons (Fsp3) is 0.435. The van der Waals surface area contributed by atoms with Gasteiger partial charge in [-0.1, -0.05) is 29.8 Å². The highest BCUT2D eigenvalue weighted by molar-refractivity contribution is 6.30. The molecule has 1 fully saturated rings. The topological polar surface area (TPSA) is 75.1 Å². The Labute approximate surface area is 183 Å². The first-order valence-corrected chi connectivity index (χ1v) is 10.6. The summed E-state index contributed by atoms with van der Waals surface area (Å²) in [5, 5.41) is 17.9. The molecule has 3 rings (SSSR count). The van der Waals surface area contributed by atoms with Crippen LogP contribution in [0, 0.1) is 0 Å². The molecular formula is C23H30ClN3O3. The first-order valence-electron chi connectivity index (χ1n) is 10.2. The number of hydrogen-bond donors (Lipinski definition) is 3. The number of halogens is 1. The van der Waals surface area contributed by atoms with Crippen molar-refractivity contribution < 1.29 is 14.6 Å². The molecule has 0 heterocycles. The summed E-state index contributed by atoms with van der Waals surface area (Å²) < 4.78 is 10.6. The van der Waals surface area contributed by atoms with Crippen LogP contribution in [0.2, 0.25) is 5.02 Å². The lowest BCUT2D eigenvalue weighted by molar-refractivity contribution is 0.180. The van der Waals surface area contributed by atoms with Crippen LogP contribution in [0.5, 0.6) is 11.5 Å². The van der Waals surface area contributed by atoms with Gasteiger partial charge in [0.05, 0.1) is 26.9 Å². The van der Waals surface area contributed by atoms with Gasteiger partial charge in [-0.2, -0.15) is 0 Å². The van der Waals surface area contributed by atoms with Gasteiger partial charge in [-0.3, -0.25) is 4.99 Å². The van der Waals surface area contributed by atoms with E-state index in [1.54, 1.807) is 26.4 Å². The maximum atomic E-state index is 10.6. The quantitative estimate of drug-likeness (QED) is 0.417. The van der Waals surface area contributed by atoms with Crippen molar-refractivity contribution in [1.82, 2.24) is 10.6 Å². The van der Waals surface area contributed by atoms with Crippen molar-refractivity contribution in [2.24, 2.45) is 4.99 Å². The van der Waals surface area contributed by atoms with Crippen LogP contribution in [0.25, 0.3) is 0 Å². The van der Waals surface area contributed by atoms with Crippen LogP contribution in [0.1, 0.15) is 37.0 Å². The van der Waals surface area contributed by atoms with Crippen molar-refractivity contribution in [3.05, 3.63) is 58.6 Å². The Morgan fingerprint density at radius 2 is 1.90 bits per heavy atom. The molecule has 0 bridgehead atoms. The summed E-state index contributed by atoms with van der Waals surface area (Å²) >= 11 is 6.17. The van der Waals surface area contributed by atoms with Crippen LogP contribution in [-0.4, -0.2) is 44.9 Å². The van der Waals surface area contributed by atoms with E-state index in [0.717, 1.165) is 30.0 Å². The third-order valence-electron chi connectivity index (χ3n) is 5.43. The second-order valence-corrected chi connectivity index (χ2v) is 7.93. The molecule has 1 saturated carbocycles. The summed E-state index contributed by atoms with van der Waals surface area (Å²) in [6.07, 6.45) is 1.49. The van der Waals surface area contributed by atoms with E-state index in [-0.39, 0.29) is 5.41 Å². The molecule has 30 heavy (non-hydrogen) atoms. The van der Waals surface area contributed by atoms with Crippen LogP contribution in [0.4, 0.5) is 0 Å². The number of guanidine groups is 1. The smallest absolute Gasteiger partial charge is 0.191 e. The van der Waals surface area contributed by atoms with Crippen molar-refractivity contribution in [1.29, 1.82) is 0 Å². The second-order valence-electron chi connectivity index (χ2n) is 7.50. The van der Waals surface area contributed by atoms with Crippen molar-refractivity contribution in [2.45, 2.75) is 31.3 Å². The van der Waals surface area contributed by atoms with Crippen LogP contribution in [0.15, 0.2) is 47.5 Å². The number of aliphatic imine (C=N–C) groups is 1. The summed E-state index contributed by atoms with van der Waals surface area (Å²) in [5.74, 6) is 1.91. The van der Waals surface area contributed by atoms with Gasteiger partial charge >= 0.3 is 0 Å². The van der Waals surface area contributed by atoms with E-state index in [2.05, 4.69) is 16.7 Å². The molecule has 0 aromatic heterocycles. The Morgan fingerprint density at radius 1 is 1.13 bits per heavy atom. The third-order valence-corrected chi connectivity index (χ3v) is 5.66. The predicted molar refractivity (Wildman–Crippen MR) is 121 cm³/mol. The lowest BCUT2D eigenvalue weighted by atomic mass is 9.96. The average molecular weight is 432 g/mol.